The van der Waals surface area contributed by atoms with E-state index in [1.54, 1.807) is 18.2 Å². The number of carbonyl (C=O) groups excluding carboxylic acids is 1. The van der Waals surface area contributed by atoms with Crippen molar-refractivity contribution in [3.8, 4) is 0 Å². The molecule has 0 fully saturated rings. The first kappa shape index (κ1) is 15.3. The van der Waals surface area contributed by atoms with E-state index in [9.17, 15) is 4.79 Å². The fraction of sp³-hybridized carbons (Fsp3) is 0.125. The summed E-state index contributed by atoms with van der Waals surface area (Å²) < 4.78 is 0.681. The van der Waals surface area contributed by atoms with E-state index in [2.05, 4.69) is 21.1 Å². The minimum Gasteiger partial charge on any atom is -0.378 e. The van der Waals surface area contributed by atoms with Crippen LogP contribution in [0.25, 0.3) is 0 Å². The highest BCUT2D eigenvalue weighted by Crippen LogP contribution is 2.17. The number of hydrogen-bond acceptors (Lipinski definition) is 4. The zero-order valence-electron chi connectivity index (χ0n) is 11.8. The lowest BCUT2D eigenvalue weighted by Crippen LogP contribution is -2.08. The Morgan fingerprint density at radius 3 is 2.43 bits per heavy atom. The Hall–Kier alpha value is -2.14. The van der Waals surface area contributed by atoms with E-state index in [0.29, 0.717) is 10.0 Å². The predicted octanol–water partition coefficient (Wildman–Crippen LogP) is 3.71. The van der Waals surface area contributed by atoms with E-state index in [0.717, 1.165) is 11.3 Å². The molecule has 0 atom stereocenters. The topological polar surface area (TPSA) is 41.9 Å². The number of carbonyl (C=O) groups is 1. The van der Waals surface area contributed by atoms with Crippen LogP contribution in [0.15, 0.2) is 58.2 Å². The van der Waals surface area contributed by atoms with Crippen molar-refractivity contribution in [1.29, 1.82) is 0 Å². The lowest BCUT2D eigenvalue weighted by molar-refractivity contribution is 0.0518. The van der Waals surface area contributed by atoms with Crippen LogP contribution in [0.2, 0.25) is 0 Å². The maximum absolute atomic E-state index is 11.8. The van der Waals surface area contributed by atoms with Gasteiger partial charge in [-0.2, -0.15) is 0 Å². The van der Waals surface area contributed by atoms with Gasteiger partial charge in [-0.05, 0) is 45.8 Å². The van der Waals surface area contributed by atoms with Gasteiger partial charge in [0.05, 0.1) is 11.8 Å². The van der Waals surface area contributed by atoms with E-state index in [1.165, 1.54) is 6.21 Å². The molecule has 2 aromatic carbocycles. The molecule has 0 aliphatic rings. The van der Waals surface area contributed by atoms with Gasteiger partial charge < -0.3 is 9.74 Å². The summed E-state index contributed by atoms with van der Waals surface area (Å²) in [6.07, 6.45) is 1.51. The third-order valence-corrected chi connectivity index (χ3v) is 3.53. The predicted molar refractivity (Wildman–Crippen MR) is 87.9 cm³/mol. The molecule has 0 amide bonds. The van der Waals surface area contributed by atoms with Crippen LogP contribution in [0, 0.1) is 0 Å². The molecule has 0 aliphatic carbocycles. The minimum atomic E-state index is -0.497. The molecule has 5 heteroatoms. The van der Waals surface area contributed by atoms with E-state index in [-0.39, 0.29) is 0 Å². The average molecular weight is 347 g/mol. The van der Waals surface area contributed by atoms with Crippen LogP contribution in [0.1, 0.15) is 15.9 Å². The molecule has 0 unspecified atom stereocenters. The van der Waals surface area contributed by atoms with Crippen LogP contribution in [-0.2, 0) is 4.84 Å². The molecule has 21 heavy (non-hydrogen) atoms. The molecule has 2 rings (SSSR count). The molecule has 0 bridgehead atoms. The summed E-state index contributed by atoms with van der Waals surface area (Å²) in [7, 11) is 3.95. The zero-order chi connectivity index (χ0) is 15.2. The third-order valence-electron chi connectivity index (χ3n) is 2.84. The van der Waals surface area contributed by atoms with Crippen molar-refractivity contribution < 1.29 is 9.63 Å². The van der Waals surface area contributed by atoms with Crippen molar-refractivity contribution in [2.24, 2.45) is 5.16 Å². The molecule has 0 aliphatic heterocycles. The Morgan fingerprint density at radius 2 is 1.81 bits per heavy atom. The molecule has 0 saturated carbocycles. The number of anilines is 1. The summed E-state index contributed by atoms with van der Waals surface area (Å²) in [6.45, 7) is 0. The normalized spacial score (nSPS) is 10.6. The van der Waals surface area contributed by atoms with E-state index in [1.807, 2.05) is 49.3 Å². The van der Waals surface area contributed by atoms with Crippen LogP contribution < -0.4 is 4.90 Å². The summed E-state index contributed by atoms with van der Waals surface area (Å²) in [5, 5.41) is 3.72. The first-order valence-electron chi connectivity index (χ1n) is 6.34. The monoisotopic (exact) mass is 346 g/mol. The van der Waals surface area contributed by atoms with Gasteiger partial charge in [0.25, 0.3) is 0 Å². The largest absolute Gasteiger partial charge is 0.378 e. The molecular formula is C16H15BrN2O2. The first-order valence-corrected chi connectivity index (χ1v) is 7.14. The maximum Gasteiger partial charge on any atom is 0.366 e. The lowest BCUT2D eigenvalue weighted by atomic mass is 10.2. The summed E-state index contributed by atoms with van der Waals surface area (Å²) >= 11 is 3.30. The number of nitrogens with zero attached hydrogens (tertiary/aromatic N) is 2. The van der Waals surface area contributed by atoms with Gasteiger partial charge in [0.15, 0.2) is 0 Å². The average Bonchev–Trinajstić information content (AvgIpc) is 2.48. The van der Waals surface area contributed by atoms with Crippen LogP contribution in [0.3, 0.4) is 0 Å². The van der Waals surface area contributed by atoms with E-state index < -0.39 is 5.97 Å². The van der Waals surface area contributed by atoms with Gasteiger partial charge in [0, 0.05) is 24.3 Å². The molecule has 2 aromatic rings. The maximum atomic E-state index is 11.8. The Kier molecular flexibility index (Phi) is 5.11. The number of oxime groups is 1. The quantitative estimate of drug-likeness (QED) is 0.481. The molecule has 0 radical (unpaired) electrons. The molecule has 0 spiro atoms. The van der Waals surface area contributed by atoms with E-state index in [4.69, 9.17) is 4.84 Å². The smallest absolute Gasteiger partial charge is 0.366 e. The van der Waals surface area contributed by atoms with E-state index >= 15 is 0 Å². The van der Waals surface area contributed by atoms with Gasteiger partial charge in [0.2, 0.25) is 0 Å². The lowest BCUT2D eigenvalue weighted by Gasteiger charge is -2.11. The number of rotatable bonds is 4. The van der Waals surface area contributed by atoms with Gasteiger partial charge in [0.1, 0.15) is 0 Å². The number of hydrogen-bond donors (Lipinski definition) is 0. The molecule has 0 aromatic heterocycles. The second-order valence-corrected chi connectivity index (χ2v) is 5.43. The SMILES string of the molecule is CN(C)c1ccc(/C=N/OC(=O)c2ccccc2Br)cc1. The molecule has 108 valence electrons. The van der Waals surface area contributed by atoms with Crippen molar-refractivity contribution in [1.82, 2.24) is 0 Å². The fourth-order valence-corrected chi connectivity index (χ4v) is 2.12. The van der Waals surface area contributed by atoms with Crippen LogP contribution in [0.4, 0.5) is 5.69 Å². The Balaban J connectivity index is 1.99. The summed E-state index contributed by atoms with van der Waals surface area (Å²) in [5.74, 6) is -0.497. The molecule has 4 nitrogen and oxygen atoms in total. The standard InChI is InChI=1S/C16H15BrN2O2/c1-19(2)13-9-7-12(8-10-13)11-18-21-16(20)14-5-3-4-6-15(14)17/h3-11H,1-2H3/b18-11+. The van der Waals surface area contributed by atoms with Crippen molar-refractivity contribution in [3.63, 3.8) is 0 Å². The first-order chi connectivity index (χ1) is 10.1. The summed E-state index contributed by atoms with van der Waals surface area (Å²) in [4.78, 5) is 18.7. The van der Waals surface area contributed by atoms with Gasteiger partial charge in [-0.15, -0.1) is 0 Å². The van der Waals surface area contributed by atoms with Gasteiger partial charge in [-0.1, -0.05) is 29.4 Å². The highest BCUT2D eigenvalue weighted by atomic mass is 79.9. The third kappa shape index (κ3) is 4.16. The number of benzene rings is 2. The van der Waals surface area contributed by atoms with Crippen molar-refractivity contribution in [3.05, 3.63) is 64.1 Å². The minimum absolute atomic E-state index is 0.442. The molecular weight excluding hydrogens is 332 g/mol. The van der Waals surface area contributed by atoms with Crippen LogP contribution in [0.5, 0.6) is 0 Å². The summed E-state index contributed by atoms with van der Waals surface area (Å²) in [5.41, 5.74) is 2.40. The Bertz CT molecular complexity index is 652. The zero-order valence-corrected chi connectivity index (χ0v) is 13.4. The molecule has 0 N–H and O–H groups in total. The second kappa shape index (κ2) is 7.04. The van der Waals surface area contributed by atoms with Crippen molar-refractivity contribution >= 4 is 33.8 Å². The highest BCUT2D eigenvalue weighted by molar-refractivity contribution is 9.10. The highest BCUT2D eigenvalue weighted by Gasteiger charge is 2.10. The van der Waals surface area contributed by atoms with Gasteiger partial charge in [-0.3, -0.25) is 0 Å². The second-order valence-electron chi connectivity index (χ2n) is 4.58. The Morgan fingerprint density at radius 1 is 1.14 bits per heavy atom. The van der Waals surface area contributed by atoms with Gasteiger partial charge in [-0.25, -0.2) is 4.79 Å². The Labute approximate surface area is 132 Å². The number of halogens is 1. The van der Waals surface area contributed by atoms with Crippen molar-refractivity contribution in [2.75, 3.05) is 19.0 Å². The molecule has 0 saturated heterocycles. The van der Waals surface area contributed by atoms with Crippen molar-refractivity contribution in [2.45, 2.75) is 0 Å². The molecule has 0 heterocycles. The van der Waals surface area contributed by atoms with Crippen LogP contribution >= 0.6 is 15.9 Å². The summed E-state index contributed by atoms with van der Waals surface area (Å²) in [6, 6.07) is 14.8. The van der Waals surface area contributed by atoms with Crippen LogP contribution in [-0.4, -0.2) is 26.3 Å². The fourth-order valence-electron chi connectivity index (χ4n) is 1.67. The van der Waals surface area contributed by atoms with Gasteiger partial charge >= 0.3 is 5.97 Å².